The van der Waals surface area contributed by atoms with Crippen LogP contribution in [-0.2, 0) is 9.53 Å². The van der Waals surface area contributed by atoms with Gasteiger partial charge in [0.2, 0.25) is 0 Å². The molecule has 0 fully saturated rings. The van der Waals surface area contributed by atoms with Gasteiger partial charge in [-0.2, -0.15) is 13.2 Å². The van der Waals surface area contributed by atoms with Crippen LogP contribution in [0.3, 0.4) is 0 Å². The van der Waals surface area contributed by atoms with E-state index in [4.69, 9.17) is 0 Å². The zero-order valence-electron chi connectivity index (χ0n) is 7.39. The molecule has 2 nitrogen and oxygen atoms in total. The Labute approximate surface area is 74.4 Å². The van der Waals surface area contributed by atoms with Crippen LogP contribution in [0.5, 0.6) is 0 Å². The van der Waals surface area contributed by atoms with Crippen molar-refractivity contribution in [2.45, 2.75) is 32.5 Å². The summed E-state index contributed by atoms with van der Waals surface area (Å²) in [5.41, 5.74) is 0. The molecule has 13 heavy (non-hydrogen) atoms. The first-order chi connectivity index (χ1) is 5.91. The van der Waals surface area contributed by atoms with Crippen LogP contribution >= 0.6 is 0 Å². The SMILES string of the molecule is C/C=C/C(CC)OC(=O)C(F)(F)F. The lowest BCUT2D eigenvalue weighted by Crippen LogP contribution is -2.29. The second-order valence-electron chi connectivity index (χ2n) is 2.38. The van der Waals surface area contributed by atoms with Crippen molar-refractivity contribution < 1.29 is 22.7 Å². The van der Waals surface area contributed by atoms with Crippen molar-refractivity contribution in [1.29, 1.82) is 0 Å². The number of rotatable bonds is 3. The van der Waals surface area contributed by atoms with Gasteiger partial charge < -0.3 is 4.74 Å². The van der Waals surface area contributed by atoms with Crippen LogP contribution in [0.1, 0.15) is 20.3 Å². The van der Waals surface area contributed by atoms with Crippen molar-refractivity contribution in [2.24, 2.45) is 0 Å². The molecule has 1 unspecified atom stereocenters. The van der Waals surface area contributed by atoms with Gasteiger partial charge in [0.25, 0.3) is 0 Å². The molecule has 1 atom stereocenters. The molecule has 0 saturated carbocycles. The molecule has 0 aromatic rings. The zero-order valence-corrected chi connectivity index (χ0v) is 7.39. The molecule has 0 aliphatic heterocycles. The monoisotopic (exact) mass is 196 g/mol. The molecule has 76 valence electrons. The Morgan fingerprint density at radius 3 is 2.38 bits per heavy atom. The number of alkyl halides is 3. The molecule has 0 N–H and O–H groups in total. The van der Waals surface area contributed by atoms with E-state index in [0.29, 0.717) is 6.42 Å². The van der Waals surface area contributed by atoms with E-state index in [-0.39, 0.29) is 0 Å². The van der Waals surface area contributed by atoms with Gasteiger partial charge in [-0.25, -0.2) is 4.79 Å². The van der Waals surface area contributed by atoms with E-state index in [1.165, 1.54) is 12.2 Å². The van der Waals surface area contributed by atoms with E-state index in [1.807, 2.05) is 0 Å². The van der Waals surface area contributed by atoms with Crippen LogP contribution in [0.15, 0.2) is 12.2 Å². The fourth-order valence-electron chi connectivity index (χ4n) is 0.678. The zero-order chi connectivity index (χ0) is 10.5. The fraction of sp³-hybridized carbons (Fsp3) is 0.625. The van der Waals surface area contributed by atoms with Crippen molar-refractivity contribution in [1.82, 2.24) is 0 Å². The summed E-state index contributed by atoms with van der Waals surface area (Å²) in [6.07, 6.45) is -2.43. The molecule has 0 aromatic carbocycles. The van der Waals surface area contributed by atoms with Gasteiger partial charge in [0.1, 0.15) is 6.10 Å². The van der Waals surface area contributed by atoms with E-state index >= 15 is 0 Å². The summed E-state index contributed by atoms with van der Waals surface area (Å²) >= 11 is 0. The van der Waals surface area contributed by atoms with Crippen LogP contribution in [0.2, 0.25) is 0 Å². The lowest BCUT2D eigenvalue weighted by atomic mass is 10.2. The predicted molar refractivity (Wildman–Crippen MR) is 41.0 cm³/mol. The molecular formula is C8H11F3O2. The largest absolute Gasteiger partial charge is 0.490 e. The summed E-state index contributed by atoms with van der Waals surface area (Å²) in [5, 5.41) is 0. The van der Waals surface area contributed by atoms with Gasteiger partial charge in [-0.15, -0.1) is 0 Å². The minimum absolute atomic E-state index is 0.326. The van der Waals surface area contributed by atoms with Crippen molar-refractivity contribution in [3.8, 4) is 0 Å². The first-order valence-electron chi connectivity index (χ1n) is 3.82. The first kappa shape index (κ1) is 12.0. The lowest BCUT2D eigenvalue weighted by Gasteiger charge is -2.13. The molecule has 0 saturated heterocycles. The van der Waals surface area contributed by atoms with Crippen molar-refractivity contribution in [3.05, 3.63) is 12.2 Å². The Bertz CT molecular complexity index is 196. The maximum atomic E-state index is 11.7. The average Bonchev–Trinajstić information content (AvgIpc) is 2.01. The van der Waals surface area contributed by atoms with E-state index in [0.717, 1.165) is 0 Å². The number of carbonyl (C=O) groups excluding carboxylic acids is 1. The molecule has 0 aliphatic rings. The minimum Gasteiger partial charge on any atom is -0.451 e. The van der Waals surface area contributed by atoms with Crippen molar-refractivity contribution in [3.63, 3.8) is 0 Å². The molecule has 0 heterocycles. The number of esters is 1. The molecule has 0 rings (SSSR count). The Balaban J connectivity index is 4.17. The van der Waals surface area contributed by atoms with Gasteiger partial charge >= 0.3 is 12.1 Å². The van der Waals surface area contributed by atoms with Gasteiger partial charge in [0, 0.05) is 0 Å². The quantitative estimate of drug-likeness (QED) is 0.512. The number of carbonyl (C=O) groups is 1. The summed E-state index contributed by atoms with van der Waals surface area (Å²) in [5.74, 6) is -2.14. The third kappa shape index (κ3) is 4.55. The molecule has 0 aromatic heterocycles. The van der Waals surface area contributed by atoms with Crippen LogP contribution < -0.4 is 0 Å². The third-order valence-electron chi connectivity index (χ3n) is 1.30. The maximum absolute atomic E-state index is 11.7. The van der Waals surface area contributed by atoms with Gasteiger partial charge in [0.15, 0.2) is 0 Å². The number of ether oxygens (including phenoxy) is 1. The van der Waals surface area contributed by atoms with Crippen LogP contribution in [-0.4, -0.2) is 18.2 Å². The summed E-state index contributed by atoms with van der Waals surface area (Å²) in [4.78, 5) is 10.3. The first-order valence-corrected chi connectivity index (χ1v) is 3.82. The van der Waals surface area contributed by atoms with Crippen molar-refractivity contribution in [2.75, 3.05) is 0 Å². The maximum Gasteiger partial charge on any atom is 0.490 e. The number of allylic oxidation sites excluding steroid dienone is 1. The topological polar surface area (TPSA) is 26.3 Å². The molecule has 0 aliphatic carbocycles. The molecule has 0 spiro atoms. The third-order valence-corrected chi connectivity index (χ3v) is 1.30. The highest BCUT2D eigenvalue weighted by molar-refractivity contribution is 5.75. The molecule has 0 amide bonds. The second kappa shape index (κ2) is 4.89. The minimum atomic E-state index is -4.91. The van der Waals surface area contributed by atoms with Crippen molar-refractivity contribution >= 4 is 5.97 Å². The Morgan fingerprint density at radius 1 is 1.54 bits per heavy atom. The summed E-state index contributed by atoms with van der Waals surface area (Å²) in [6, 6.07) is 0. The Morgan fingerprint density at radius 2 is 2.08 bits per heavy atom. The van der Waals surface area contributed by atoms with E-state index in [1.54, 1.807) is 13.8 Å². The molecule has 0 radical (unpaired) electrons. The molecule has 5 heteroatoms. The van der Waals surface area contributed by atoms with Crippen LogP contribution in [0, 0.1) is 0 Å². The highest BCUT2D eigenvalue weighted by atomic mass is 19.4. The highest BCUT2D eigenvalue weighted by Crippen LogP contribution is 2.18. The van der Waals surface area contributed by atoms with Gasteiger partial charge in [0.05, 0.1) is 0 Å². The summed E-state index contributed by atoms with van der Waals surface area (Å²) in [6.45, 7) is 3.28. The molecule has 0 bridgehead atoms. The smallest absolute Gasteiger partial charge is 0.451 e. The standard InChI is InChI=1S/C8H11F3O2/c1-3-5-6(4-2)13-7(12)8(9,10)11/h3,5-6H,4H2,1-2H3/b5-3+. The predicted octanol–water partition coefficient (Wildman–Crippen LogP) is 2.45. The second-order valence-corrected chi connectivity index (χ2v) is 2.38. The number of hydrogen-bond donors (Lipinski definition) is 0. The Hall–Kier alpha value is -1.00. The fourth-order valence-corrected chi connectivity index (χ4v) is 0.678. The summed E-state index contributed by atoms with van der Waals surface area (Å²) < 4.78 is 39.2. The van der Waals surface area contributed by atoms with Gasteiger partial charge in [-0.05, 0) is 19.4 Å². The highest BCUT2D eigenvalue weighted by Gasteiger charge is 2.41. The number of halogens is 3. The van der Waals surface area contributed by atoms with Gasteiger partial charge in [-0.1, -0.05) is 13.0 Å². The van der Waals surface area contributed by atoms with E-state index in [9.17, 15) is 18.0 Å². The van der Waals surface area contributed by atoms with E-state index < -0.39 is 18.2 Å². The Kier molecular flexibility index (Phi) is 4.51. The molecular weight excluding hydrogens is 185 g/mol. The van der Waals surface area contributed by atoms with Crippen LogP contribution in [0.25, 0.3) is 0 Å². The number of hydrogen-bond acceptors (Lipinski definition) is 2. The summed E-state index contributed by atoms with van der Waals surface area (Å²) in [7, 11) is 0. The lowest BCUT2D eigenvalue weighted by molar-refractivity contribution is -0.202. The van der Waals surface area contributed by atoms with Gasteiger partial charge in [-0.3, -0.25) is 0 Å². The van der Waals surface area contributed by atoms with E-state index in [2.05, 4.69) is 4.74 Å². The normalized spacial score (nSPS) is 14.5. The average molecular weight is 196 g/mol. The van der Waals surface area contributed by atoms with Crippen LogP contribution in [0.4, 0.5) is 13.2 Å².